The summed E-state index contributed by atoms with van der Waals surface area (Å²) >= 11 is 0. The molecule has 5 rings (SSSR count). The van der Waals surface area contributed by atoms with Gasteiger partial charge in [-0.1, -0.05) is 6.07 Å². The fourth-order valence-electron chi connectivity index (χ4n) is 6.32. The highest BCUT2D eigenvalue weighted by Crippen LogP contribution is 2.58. The van der Waals surface area contributed by atoms with Crippen LogP contribution in [0, 0.1) is 5.92 Å². The van der Waals surface area contributed by atoms with Crippen LogP contribution < -0.4 is 18.9 Å². The summed E-state index contributed by atoms with van der Waals surface area (Å²) in [4.78, 5) is 15.6. The fraction of sp³-hybridized carbons (Fsp3) is 0.536. The van der Waals surface area contributed by atoms with E-state index in [4.69, 9.17) is 28.4 Å². The van der Waals surface area contributed by atoms with Gasteiger partial charge in [0.25, 0.3) is 0 Å². The molecule has 37 heavy (non-hydrogen) atoms. The highest BCUT2D eigenvalue weighted by atomic mass is 16.7. The topological polar surface area (TPSA) is 95.9 Å². The van der Waals surface area contributed by atoms with E-state index in [-0.39, 0.29) is 32.0 Å². The van der Waals surface area contributed by atoms with Crippen molar-refractivity contribution in [3.63, 3.8) is 0 Å². The number of aliphatic hydroxyl groups is 1. The lowest BCUT2D eigenvalue weighted by atomic mass is 9.68. The molecule has 0 radical (unpaired) electrons. The number of carbonyl (C=O) groups excluding carboxylic acids is 1. The Hall–Kier alpha value is -3.01. The monoisotopic (exact) mass is 513 g/mol. The van der Waals surface area contributed by atoms with E-state index in [0.29, 0.717) is 11.5 Å². The summed E-state index contributed by atoms with van der Waals surface area (Å²) in [5.74, 6) is 1.15. The second kappa shape index (κ2) is 10.4. The average Bonchev–Trinajstić information content (AvgIpc) is 3.35. The highest BCUT2D eigenvalue weighted by molar-refractivity contribution is 5.75. The number of carbonyl (C=O) groups is 1. The highest BCUT2D eigenvalue weighted by Gasteiger charge is 2.51. The summed E-state index contributed by atoms with van der Waals surface area (Å²) in [7, 11) is 5.16. The van der Waals surface area contributed by atoms with Crippen molar-refractivity contribution in [2.45, 2.75) is 51.0 Å². The Kier molecular flexibility index (Phi) is 7.20. The van der Waals surface area contributed by atoms with E-state index in [9.17, 15) is 9.90 Å². The third-order valence-electron chi connectivity index (χ3n) is 7.79. The van der Waals surface area contributed by atoms with Crippen molar-refractivity contribution in [1.29, 1.82) is 0 Å². The first kappa shape index (κ1) is 25.6. The van der Waals surface area contributed by atoms with Crippen LogP contribution in [0.25, 0.3) is 0 Å². The molecule has 2 aromatic carbocycles. The van der Waals surface area contributed by atoms with Crippen molar-refractivity contribution in [2.75, 3.05) is 41.3 Å². The molecule has 3 aliphatic rings. The van der Waals surface area contributed by atoms with E-state index in [1.54, 1.807) is 28.1 Å². The molecule has 0 saturated heterocycles. The molecule has 9 nitrogen and oxygen atoms in total. The van der Waals surface area contributed by atoms with Crippen molar-refractivity contribution < 1.29 is 38.3 Å². The molecule has 0 fully saturated rings. The molecule has 5 atom stereocenters. The van der Waals surface area contributed by atoms with Crippen LogP contribution in [0.2, 0.25) is 0 Å². The first-order valence-electron chi connectivity index (χ1n) is 12.8. The maximum Gasteiger partial charge on any atom is 0.316 e. The van der Waals surface area contributed by atoms with E-state index in [1.807, 2.05) is 13.1 Å². The number of hydrogen-bond donors (Lipinski definition) is 1. The lowest BCUT2D eigenvalue weighted by Crippen LogP contribution is -2.49. The number of methoxy groups -OCH3 is 2. The van der Waals surface area contributed by atoms with Crippen molar-refractivity contribution in [2.24, 2.45) is 5.92 Å². The van der Waals surface area contributed by atoms with Gasteiger partial charge in [0.1, 0.15) is 5.92 Å². The van der Waals surface area contributed by atoms with Crippen LogP contribution in [0.15, 0.2) is 24.3 Å². The van der Waals surface area contributed by atoms with Crippen molar-refractivity contribution in [3.8, 4) is 23.0 Å². The van der Waals surface area contributed by atoms with Crippen LogP contribution in [0.1, 0.15) is 60.5 Å². The van der Waals surface area contributed by atoms with Gasteiger partial charge in [-0.25, -0.2) is 0 Å². The minimum absolute atomic E-state index is 0.0837. The minimum atomic E-state index is -1.38. The molecule has 0 aromatic heterocycles. The molecule has 2 aliphatic heterocycles. The van der Waals surface area contributed by atoms with Crippen LogP contribution in [0.3, 0.4) is 0 Å². The molecule has 2 aromatic rings. The second-order valence-electron chi connectivity index (χ2n) is 9.53. The molecule has 2 heterocycles. The number of fused-ring (bicyclic) bond motifs is 6. The quantitative estimate of drug-likeness (QED) is 0.418. The van der Waals surface area contributed by atoms with Crippen LogP contribution >= 0.6 is 0 Å². The molecule has 0 bridgehead atoms. The number of nitrogens with zero attached hydrogens (tertiary/aromatic N) is 1. The van der Waals surface area contributed by atoms with E-state index in [2.05, 4.69) is 23.1 Å². The Morgan fingerprint density at radius 3 is 2.54 bits per heavy atom. The number of esters is 1. The summed E-state index contributed by atoms with van der Waals surface area (Å²) < 4.78 is 34.0. The van der Waals surface area contributed by atoms with Gasteiger partial charge in [0.15, 0.2) is 29.3 Å². The Bertz CT molecular complexity index is 1170. The number of aliphatic hydroxyl groups excluding tert-OH is 1. The van der Waals surface area contributed by atoms with Crippen molar-refractivity contribution >= 4 is 5.97 Å². The van der Waals surface area contributed by atoms with Crippen molar-refractivity contribution in [1.82, 2.24) is 4.90 Å². The molecule has 0 saturated carbocycles. The predicted molar refractivity (Wildman–Crippen MR) is 134 cm³/mol. The van der Waals surface area contributed by atoms with Gasteiger partial charge >= 0.3 is 5.97 Å². The molecule has 0 amide bonds. The first-order chi connectivity index (χ1) is 17.9. The summed E-state index contributed by atoms with van der Waals surface area (Å²) in [6.07, 6.45) is 0.397. The SMILES string of the molecule is CCOC(=O)C(C(O)OCC)[C@H]1c2c(ccc(OC)c2OC)C2CCc3cc4c(cc3[C@H]2N1C)OCO4. The Morgan fingerprint density at radius 2 is 1.86 bits per heavy atom. The number of aryl methyl sites for hydroxylation is 1. The summed E-state index contributed by atoms with van der Waals surface area (Å²) in [6.45, 7) is 4.17. The zero-order chi connectivity index (χ0) is 26.3. The van der Waals surface area contributed by atoms with E-state index in [0.717, 1.165) is 41.0 Å². The van der Waals surface area contributed by atoms with Gasteiger partial charge in [-0.05, 0) is 68.6 Å². The molecular formula is C28H35NO8. The molecule has 9 heteroatoms. The number of ether oxygens (including phenoxy) is 6. The summed E-state index contributed by atoms with van der Waals surface area (Å²) in [5, 5.41) is 11.2. The lowest BCUT2D eigenvalue weighted by molar-refractivity contribution is -0.185. The predicted octanol–water partition coefficient (Wildman–Crippen LogP) is 3.72. The van der Waals surface area contributed by atoms with Crippen LogP contribution in [-0.4, -0.2) is 63.5 Å². The molecule has 1 aliphatic carbocycles. The van der Waals surface area contributed by atoms with Gasteiger partial charge in [0.05, 0.1) is 26.9 Å². The Morgan fingerprint density at radius 1 is 1.11 bits per heavy atom. The van der Waals surface area contributed by atoms with Crippen molar-refractivity contribution in [3.05, 3.63) is 46.5 Å². The zero-order valence-corrected chi connectivity index (χ0v) is 22.0. The van der Waals surface area contributed by atoms with Gasteiger partial charge < -0.3 is 33.5 Å². The number of benzene rings is 2. The standard InChI is InChI=1S/C28H35NO8/c1-6-34-27(30)23(28(31)35-7-2)25-22-16(10-11-19(32-4)26(22)33-5)17-9-8-15-12-20-21(37-14-36-20)13-18(15)24(17)29(25)3/h10-13,17,23-25,27,30H,6-9,14H2,1-5H3/t17?,23?,24-,25+,27?/m0/s1. The van der Waals surface area contributed by atoms with Gasteiger partial charge in [-0.15, -0.1) is 0 Å². The number of rotatable bonds is 8. The van der Waals surface area contributed by atoms with E-state index in [1.165, 1.54) is 5.56 Å². The Balaban J connectivity index is 1.73. The first-order valence-corrected chi connectivity index (χ1v) is 12.8. The van der Waals surface area contributed by atoms with E-state index >= 15 is 0 Å². The number of likely N-dealkylation sites (N-methyl/N-ethyl adjacent to an activating group) is 1. The number of hydrogen-bond acceptors (Lipinski definition) is 9. The van der Waals surface area contributed by atoms with Gasteiger partial charge in [-0.3, -0.25) is 9.69 Å². The Labute approximate surface area is 217 Å². The average molecular weight is 514 g/mol. The summed E-state index contributed by atoms with van der Waals surface area (Å²) in [5.41, 5.74) is 4.19. The zero-order valence-electron chi connectivity index (χ0n) is 22.0. The third kappa shape index (κ3) is 4.19. The smallest absolute Gasteiger partial charge is 0.316 e. The maximum absolute atomic E-state index is 13.4. The minimum Gasteiger partial charge on any atom is -0.493 e. The largest absolute Gasteiger partial charge is 0.493 e. The van der Waals surface area contributed by atoms with Crippen LogP contribution in [-0.2, 0) is 20.7 Å². The van der Waals surface area contributed by atoms with Crippen LogP contribution in [0.4, 0.5) is 0 Å². The fourth-order valence-corrected chi connectivity index (χ4v) is 6.32. The maximum atomic E-state index is 13.4. The third-order valence-corrected chi connectivity index (χ3v) is 7.79. The molecular weight excluding hydrogens is 478 g/mol. The van der Waals surface area contributed by atoms with Gasteiger partial charge in [-0.2, -0.15) is 0 Å². The second-order valence-corrected chi connectivity index (χ2v) is 9.53. The molecule has 3 unspecified atom stereocenters. The molecule has 1 N–H and O–H groups in total. The van der Waals surface area contributed by atoms with Gasteiger partial charge in [0.2, 0.25) is 6.79 Å². The molecule has 0 spiro atoms. The van der Waals surface area contributed by atoms with Crippen LogP contribution in [0.5, 0.6) is 23.0 Å². The summed E-state index contributed by atoms with van der Waals surface area (Å²) in [6, 6.07) is 7.40. The van der Waals surface area contributed by atoms with E-state index < -0.39 is 24.2 Å². The normalized spacial score (nSPS) is 23.4. The lowest BCUT2D eigenvalue weighted by Gasteiger charge is -2.50. The van der Waals surface area contributed by atoms with Gasteiger partial charge in [0, 0.05) is 24.1 Å². The molecule has 200 valence electrons.